The van der Waals surface area contributed by atoms with Crippen molar-refractivity contribution in [2.75, 3.05) is 26.0 Å². The molecule has 0 saturated carbocycles. The zero-order valence-corrected chi connectivity index (χ0v) is 18.4. The maximum atomic E-state index is 13.2. The van der Waals surface area contributed by atoms with Crippen molar-refractivity contribution in [2.45, 2.75) is 31.2 Å². The number of amides is 1. The number of hydrogen-bond donors (Lipinski definition) is 0. The van der Waals surface area contributed by atoms with E-state index in [1.807, 2.05) is 55.7 Å². The first-order valence-electron chi connectivity index (χ1n) is 10.3. The lowest BCUT2D eigenvalue weighted by Gasteiger charge is -2.40. The molecule has 6 heteroatoms. The molecule has 1 atom stereocenters. The van der Waals surface area contributed by atoms with E-state index in [2.05, 4.69) is 4.98 Å². The average molecular weight is 425 g/mol. The smallest absolute Gasteiger partial charge is 0.314 e. The summed E-state index contributed by atoms with van der Waals surface area (Å²) in [5.74, 6) is -0.302. The topological polar surface area (TPSA) is 59.5 Å². The van der Waals surface area contributed by atoms with Crippen LogP contribution in [0.5, 0.6) is 0 Å². The van der Waals surface area contributed by atoms with Gasteiger partial charge >= 0.3 is 5.97 Å². The fourth-order valence-corrected chi connectivity index (χ4v) is 4.42. The summed E-state index contributed by atoms with van der Waals surface area (Å²) in [7, 11) is 0. The molecule has 1 saturated heterocycles. The number of benzene rings is 1. The van der Waals surface area contributed by atoms with Crippen LogP contribution in [0.3, 0.4) is 0 Å². The summed E-state index contributed by atoms with van der Waals surface area (Å²) >= 11 is 1.45. The van der Waals surface area contributed by atoms with Gasteiger partial charge in [-0.1, -0.05) is 42.5 Å². The van der Waals surface area contributed by atoms with Crippen molar-refractivity contribution >= 4 is 29.7 Å². The molecule has 1 aliphatic rings. The number of piperidine rings is 1. The van der Waals surface area contributed by atoms with Crippen molar-refractivity contribution in [3.63, 3.8) is 0 Å². The molecule has 1 fully saturated rings. The minimum absolute atomic E-state index is 0.0761. The van der Waals surface area contributed by atoms with Gasteiger partial charge in [0.2, 0.25) is 0 Å². The van der Waals surface area contributed by atoms with Crippen molar-refractivity contribution in [1.82, 2.24) is 9.88 Å². The standard InChI is InChI=1S/C24H28N2O3S/c1-3-29-23(28)24(14-7-12-19-10-5-4-6-11-19)15-9-17-26(18-24)22(27)20-13-8-16-25-21(20)30-2/h4-8,10-13,16H,3,9,14-15,17-18H2,1-2H3/b12-7+. The summed E-state index contributed by atoms with van der Waals surface area (Å²) in [6.45, 7) is 3.13. The Morgan fingerprint density at radius 1 is 1.23 bits per heavy atom. The number of esters is 1. The van der Waals surface area contributed by atoms with E-state index in [-0.39, 0.29) is 11.9 Å². The largest absolute Gasteiger partial charge is 0.466 e. The summed E-state index contributed by atoms with van der Waals surface area (Å²) in [5, 5.41) is 0.707. The molecule has 0 aliphatic carbocycles. The fourth-order valence-electron chi connectivity index (χ4n) is 3.88. The molecular formula is C24H28N2O3S. The van der Waals surface area contributed by atoms with E-state index in [4.69, 9.17) is 4.74 Å². The van der Waals surface area contributed by atoms with Gasteiger partial charge in [-0.2, -0.15) is 0 Å². The van der Waals surface area contributed by atoms with Gasteiger partial charge in [-0.15, -0.1) is 11.8 Å². The molecule has 30 heavy (non-hydrogen) atoms. The Bertz CT molecular complexity index is 900. The Morgan fingerprint density at radius 3 is 2.77 bits per heavy atom. The summed E-state index contributed by atoms with van der Waals surface area (Å²) in [6.07, 6.45) is 9.65. The van der Waals surface area contributed by atoms with E-state index >= 15 is 0 Å². The number of likely N-dealkylation sites (tertiary alicyclic amines) is 1. The molecule has 5 nitrogen and oxygen atoms in total. The number of thioether (sulfide) groups is 1. The Balaban J connectivity index is 1.83. The van der Waals surface area contributed by atoms with Gasteiger partial charge < -0.3 is 9.64 Å². The van der Waals surface area contributed by atoms with Crippen LogP contribution in [-0.4, -0.2) is 47.7 Å². The molecule has 1 aromatic heterocycles. The summed E-state index contributed by atoms with van der Waals surface area (Å²) in [4.78, 5) is 32.3. The van der Waals surface area contributed by atoms with Crippen molar-refractivity contribution < 1.29 is 14.3 Å². The van der Waals surface area contributed by atoms with E-state index in [0.29, 0.717) is 43.1 Å². The van der Waals surface area contributed by atoms with Crippen LogP contribution in [0.4, 0.5) is 0 Å². The molecule has 0 spiro atoms. The molecular weight excluding hydrogens is 396 g/mol. The van der Waals surface area contributed by atoms with Crippen LogP contribution >= 0.6 is 11.8 Å². The normalized spacial score (nSPS) is 19.1. The zero-order chi connectivity index (χ0) is 21.4. The van der Waals surface area contributed by atoms with Gasteiger partial charge in [0.25, 0.3) is 5.91 Å². The van der Waals surface area contributed by atoms with E-state index in [0.717, 1.165) is 12.0 Å². The third-order valence-electron chi connectivity index (χ3n) is 5.39. The van der Waals surface area contributed by atoms with Gasteiger partial charge in [-0.05, 0) is 50.1 Å². The highest BCUT2D eigenvalue weighted by molar-refractivity contribution is 7.98. The SMILES string of the molecule is CCOC(=O)C1(C/C=C/c2ccccc2)CCCN(C(=O)c2cccnc2SC)C1. The highest BCUT2D eigenvalue weighted by atomic mass is 32.2. The Kier molecular flexibility index (Phi) is 7.69. The molecule has 0 bridgehead atoms. The van der Waals surface area contributed by atoms with Gasteiger partial charge in [0.1, 0.15) is 5.03 Å². The second-order valence-corrected chi connectivity index (χ2v) is 8.20. The first-order valence-corrected chi connectivity index (χ1v) is 11.5. The summed E-state index contributed by atoms with van der Waals surface area (Å²) in [5.41, 5.74) is 0.946. The highest BCUT2D eigenvalue weighted by Crippen LogP contribution is 2.37. The number of pyridine rings is 1. The Labute approximate surface area is 182 Å². The van der Waals surface area contributed by atoms with Gasteiger partial charge in [-0.3, -0.25) is 9.59 Å². The van der Waals surface area contributed by atoms with Crippen LogP contribution in [0.2, 0.25) is 0 Å². The number of hydrogen-bond acceptors (Lipinski definition) is 5. The maximum Gasteiger partial charge on any atom is 0.314 e. The lowest BCUT2D eigenvalue weighted by Crippen LogP contribution is -2.50. The lowest BCUT2D eigenvalue weighted by molar-refractivity contribution is -0.158. The number of ether oxygens (including phenoxy) is 1. The second kappa shape index (κ2) is 10.4. The van der Waals surface area contributed by atoms with E-state index < -0.39 is 5.41 Å². The molecule has 2 heterocycles. The molecule has 1 unspecified atom stereocenters. The Hall–Kier alpha value is -2.60. The van der Waals surface area contributed by atoms with Gasteiger partial charge in [-0.25, -0.2) is 4.98 Å². The molecule has 3 rings (SSSR count). The number of aromatic nitrogens is 1. The molecule has 1 aromatic carbocycles. The summed E-state index contributed by atoms with van der Waals surface area (Å²) < 4.78 is 5.44. The zero-order valence-electron chi connectivity index (χ0n) is 17.5. The van der Waals surface area contributed by atoms with Crippen molar-refractivity contribution in [2.24, 2.45) is 5.41 Å². The van der Waals surface area contributed by atoms with Crippen molar-refractivity contribution in [3.8, 4) is 0 Å². The molecule has 158 valence electrons. The minimum atomic E-state index is -0.725. The van der Waals surface area contributed by atoms with Gasteiger partial charge in [0, 0.05) is 19.3 Å². The summed E-state index contributed by atoms with van der Waals surface area (Å²) in [6, 6.07) is 13.6. The highest BCUT2D eigenvalue weighted by Gasteiger charge is 2.44. The first kappa shape index (κ1) is 22.1. The fraction of sp³-hybridized carbons (Fsp3) is 0.375. The number of rotatable bonds is 7. The van der Waals surface area contributed by atoms with Crippen LogP contribution in [0.15, 0.2) is 59.8 Å². The Morgan fingerprint density at radius 2 is 2.03 bits per heavy atom. The first-order chi connectivity index (χ1) is 14.6. The quantitative estimate of drug-likeness (QED) is 0.477. The van der Waals surface area contributed by atoms with Crippen LogP contribution in [0, 0.1) is 5.41 Å². The molecule has 1 amide bonds. The predicted octanol–water partition coefficient (Wildman–Crippen LogP) is 4.69. The molecule has 0 N–H and O–H groups in total. The second-order valence-electron chi connectivity index (χ2n) is 7.41. The van der Waals surface area contributed by atoms with Crippen molar-refractivity contribution in [1.29, 1.82) is 0 Å². The lowest BCUT2D eigenvalue weighted by atomic mass is 9.76. The maximum absolute atomic E-state index is 13.2. The van der Waals surface area contributed by atoms with Crippen LogP contribution < -0.4 is 0 Å². The van der Waals surface area contributed by atoms with Crippen molar-refractivity contribution in [3.05, 3.63) is 65.9 Å². The van der Waals surface area contributed by atoms with Crippen LogP contribution in [-0.2, 0) is 9.53 Å². The van der Waals surface area contributed by atoms with E-state index in [1.165, 1.54) is 11.8 Å². The third kappa shape index (κ3) is 5.11. The van der Waals surface area contributed by atoms with Crippen LogP contribution in [0.1, 0.15) is 42.1 Å². The molecule has 2 aromatic rings. The predicted molar refractivity (Wildman–Crippen MR) is 120 cm³/mol. The van der Waals surface area contributed by atoms with E-state index in [1.54, 1.807) is 23.2 Å². The number of nitrogens with zero attached hydrogens (tertiary/aromatic N) is 2. The monoisotopic (exact) mass is 424 g/mol. The number of carbonyl (C=O) groups is 2. The number of carbonyl (C=O) groups excluding carboxylic acids is 2. The average Bonchev–Trinajstić information content (AvgIpc) is 2.79. The van der Waals surface area contributed by atoms with E-state index in [9.17, 15) is 9.59 Å². The molecule has 1 aliphatic heterocycles. The minimum Gasteiger partial charge on any atom is -0.466 e. The van der Waals surface area contributed by atoms with Crippen LogP contribution in [0.25, 0.3) is 6.08 Å². The van der Waals surface area contributed by atoms with Gasteiger partial charge in [0.15, 0.2) is 0 Å². The molecule has 0 radical (unpaired) electrons. The third-order valence-corrected chi connectivity index (χ3v) is 6.10. The number of allylic oxidation sites excluding steroid dienone is 1. The van der Waals surface area contributed by atoms with Gasteiger partial charge in [0.05, 0.1) is 17.6 Å².